The Balaban J connectivity index is 2.83. The van der Waals surface area contributed by atoms with E-state index < -0.39 is 0 Å². The highest BCUT2D eigenvalue weighted by molar-refractivity contribution is 5.33. The summed E-state index contributed by atoms with van der Waals surface area (Å²) >= 11 is 0. The highest BCUT2D eigenvalue weighted by Gasteiger charge is 1.97. The molecule has 0 heterocycles. The fraction of sp³-hybridized carbons (Fsp3) is 0.300. The van der Waals surface area contributed by atoms with Crippen molar-refractivity contribution in [3.05, 3.63) is 36.2 Å². The third kappa shape index (κ3) is 1.97. The molecule has 0 atom stereocenters. The minimum absolute atomic E-state index is 0.976. The van der Waals surface area contributed by atoms with Crippen LogP contribution in [0.25, 0.3) is 0 Å². The van der Waals surface area contributed by atoms with E-state index in [0.717, 1.165) is 12.2 Å². The fourth-order valence-electron chi connectivity index (χ4n) is 1.09. The molecule has 0 aliphatic rings. The van der Waals surface area contributed by atoms with Gasteiger partial charge in [0.25, 0.3) is 0 Å². The number of benzene rings is 1. The maximum Gasteiger partial charge on any atom is 0.122 e. The van der Waals surface area contributed by atoms with Crippen LogP contribution in [-0.2, 0) is 6.42 Å². The van der Waals surface area contributed by atoms with E-state index in [1.165, 1.54) is 5.56 Å². The van der Waals surface area contributed by atoms with Crippen molar-refractivity contribution in [2.24, 2.45) is 0 Å². The molecule has 0 saturated heterocycles. The Bertz CT molecular complexity index is 218. The first-order chi connectivity index (χ1) is 5.38. The summed E-state index contributed by atoms with van der Waals surface area (Å²) in [7, 11) is 1.70. The van der Waals surface area contributed by atoms with Crippen molar-refractivity contribution in [2.75, 3.05) is 7.11 Å². The molecule has 0 saturated carbocycles. The van der Waals surface area contributed by atoms with Gasteiger partial charge in [0.05, 0.1) is 7.11 Å². The van der Waals surface area contributed by atoms with Crippen LogP contribution in [0.1, 0.15) is 12.5 Å². The average molecular weight is 149 g/mol. The lowest BCUT2D eigenvalue weighted by Crippen LogP contribution is -1.90. The highest BCUT2D eigenvalue weighted by Crippen LogP contribution is 2.17. The summed E-state index contributed by atoms with van der Waals surface area (Å²) in [6.45, 7) is 2.05. The average Bonchev–Trinajstić information content (AvgIpc) is 2.06. The number of hydrogen-bond donors (Lipinski definition) is 0. The molecule has 1 rings (SSSR count). The highest BCUT2D eigenvalue weighted by atomic mass is 16.5. The lowest BCUT2D eigenvalue weighted by molar-refractivity contribution is 0.410. The molecule has 0 spiro atoms. The molecule has 1 nitrogen and oxygen atoms in total. The van der Waals surface area contributed by atoms with Gasteiger partial charge in [0, 0.05) is 0 Å². The number of methoxy groups -OCH3 is 1. The number of hydrogen-bond acceptors (Lipinski definition) is 1. The zero-order chi connectivity index (χ0) is 8.10. The number of para-hydroxylation sites is 1. The van der Waals surface area contributed by atoms with Gasteiger partial charge in [-0.1, -0.05) is 25.1 Å². The number of ether oxygens (including phenoxy) is 1. The molecule has 0 bridgehead atoms. The van der Waals surface area contributed by atoms with E-state index in [9.17, 15) is 0 Å². The molecule has 1 heteroatoms. The molecule has 0 aliphatic heterocycles. The van der Waals surface area contributed by atoms with Gasteiger partial charge in [-0.3, -0.25) is 0 Å². The van der Waals surface area contributed by atoms with Crippen LogP contribution >= 0.6 is 0 Å². The third-order valence-corrected chi connectivity index (χ3v) is 1.62. The minimum Gasteiger partial charge on any atom is -0.496 e. The van der Waals surface area contributed by atoms with Gasteiger partial charge >= 0.3 is 0 Å². The standard InChI is InChI=1S/C10H13O/c1-3-6-9-7-4-5-8-10(9)11-2/h3-5,7-8H,6H2,1-2H3. The topological polar surface area (TPSA) is 9.23 Å². The Labute approximate surface area is 68.0 Å². The molecule has 1 aromatic carbocycles. The molecule has 1 radical (unpaired) electrons. The summed E-state index contributed by atoms with van der Waals surface area (Å²) in [6, 6.07) is 8.08. The largest absolute Gasteiger partial charge is 0.496 e. The summed E-state index contributed by atoms with van der Waals surface area (Å²) in [5.74, 6) is 0.977. The summed E-state index contributed by atoms with van der Waals surface area (Å²) in [5, 5.41) is 0. The van der Waals surface area contributed by atoms with Crippen molar-refractivity contribution in [1.29, 1.82) is 0 Å². The quantitative estimate of drug-likeness (QED) is 0.641. The molecule has 0 aromatic heterocycles. The van der Waals surface area contributed by atoms with Gasteiger partial charge in [0.2, 0.25) is 0 Å². The van der Waals surface area contributed by atoms with E-state index in [-0.39, 0.29) is 0 Å². The van der Waals surface area contributed by atoms with Gasteiger partial charge in [0.1, 0.15) is 5.75 Å². The molecular weight excluding hydrogens is 136 g/mol. The second-order valence-electron chi connectivity index (χ2n) is 2.42. The molecule has 0 amide bonds. The summed E-state index contributed by atoms with van der Waals surface area (Å²) in [5.41, 5.74) is 1.25. The smallest absolute Gasteiger partial charge is 0.122 e. The first-order valence-corrected chi connectivity index (χ1v) is 3.78. The lowest BCUT2D eigenvalue weighted by atomic mass is 10.1. The van der Waals surface area contributed by atoms with Gasteiger partial charge in [-0.15, -0.1) is 0 Å². The normalized spacial score (nSPS) is 9.64. The van der Waals surface area contributed by atoms with Crippen LogP contribution in [0.5, 0.6) is 5.75 Å². The maximum absolute atomic E-state index is 5.18. The van der Waals surface area contributed by atoms with E-state index in [1.807, 2.05) is 25.1 Å². The maximum atomic E-state index is 5.18. The van der Waals surface area contributed by atoms with Crippen molar-refractivity contribution in [3.8, 4) is 5.75 Å². The number of rotatable bonds is 3. The first kappa shape index (κ1) is 8.12. The molecular formula is C10H13O. The van der Waals surface area contributed by atoms with Crippen LogP contribution in [-0.4, -0.2) is 7.11 Å². The van der Waals surface area contributed by atoms with E-state index in [2.05, 4.69) is 12.5 Å². The van der Waals surface area contributed by atoms with Gasteiger partial charge in [-0.25, -0.2) is 0 Å². The van der Waals surface area contributed by atoms with E-state index in [0.29, 0.717) is 0 Å². The van der Waals surface area contributed by atoms with Gasteiger partial charge in [0.15, 0.2) is 0 Å². The van der Waals surface area contributed by atoms with E-state index >= 15 is 0 Å². The zero-order valence-corrected chi connectivity index (χ0v) is 7.00. The van der Waals surface area contributed by atoms with Crippen molar-refractivity contribution in [3.63, 3.8) is 0 Å². The molecule has 1 aromatic rings. The lowest BCUT2D eigenvalue weighted by Gasteiger charge is -2.05. The van der Waals surface area contributed by atoms with Crippen LogP contribution in [0.4, 0.5) is 0 Å². The minimum atomic E-state index is 0.976. The Hall–Kier alpha value is -0.980. The van der Waals surface area contributed by atoms with Crippen LogP contribution in [0.3, 0.4) is 0 Å². The predicted octanol–water partition coefficient (Wildman–Crippen LogP) is 2.46. The van der Waals surface area contributed by atoms with Crippen LogP contribution < -0.4 is 4.74 Å². The molecule has 0 N–H and O–H groups in total. The first-order valence-electron chi connectivity index (χ1n) is 3.78. The van der Waals surface area contributed by atoms with E-state index in [1.54, 1.807) is 7.11 Å². The van der Waals surface area contributed by atoms with Crippen molar-refractivity contribution < 1.29 is 4.74 Å². The molecule has 0 aliphatic carbocycles. The zero-order valence-electron chi connectivity index (χ0n) is 7.00. The summed E-state index contributed by atoms with van der Waals surface area (Å²) < 4.78 is 5.18. The summed E-state index contributed by atoms with van der Waals surface area (Å²) in [4.78, 5) is 0. The predicted molar refractivity (Wildman–Crippen MR) is 46.7 cm³/mol. The van der Waals surface area contributed by atoms with Crippen LogP contribution in [0.15, 0.2) is 24.3 Å². The second-order valence-corrected chi connectivity index (χ2v) is 2.42. The Kier molecular flexibility index (Phi) is 2.96. The van der Waals surface area contributed by atoms with Crippen molar-refractivity contribution in [1.82, 2.24) is 0 Å². The van der Waals surface area contributed by atoms with Crippen LogP contribution in [0.2, 0.25) is 0 Å². The van der Waals surface area contributed by atoms with Gasteiger partial charge < -0.3 is 4.74 Å². The third-order valence-electron chi connectivity index (χ3n) is 1.62. The molecule has 0 unspecified atom stereocenters. The van der Waals surface area contributed by atoms with Crippen molar-refractivity contribution in [2.45, 2.75) is 13.3 Å². The van der Waals surface area contributed by atoms with Crippen LogP contribution in [0, 0.1) is 6.42 Å². The Morgan fingerprint density at radius 2 is 2.09 bits per heavy atom. The Morgan fingerprint density at radius 3 is 2.73 bits per heavy atom. The van der Waals surface area contributed by atoms with E-state index in [4.69, 9.17) is 4.74 Å². The second kappa shape index (κ2) is 4.02. The molecule has 59 valence electrons. The summed E-state index contributed by atoms with van der Waals surface area (Å²) in [6.07, 6.45) is 3.10. The fourth-order valence-corrected chi connectivity index (χ4v) is 1.09. The van der Waals surface area contributed by atoms with Gasteiger partial charge in [-0.2, -0.15) is 0 Å². The molecule has 11 heavy (non-hydrogen) atoms. The molecule has 0 fully saturated rings. The SMILES string of the molecule is C[CH]Cc1ccccc1OC. The Morgan fingerprint density at radius 1 is 1.36 bits per heavy atom. The van der Waals surface area contributed by atoms with Crippen molar-refractivity contribution >= 4 is 0 Å². The van der Waals surface area contributed by atoms with Gasteiger partial charge in [-0.05, 0) is 24.5 Å². The monoisotopic (exact) mass is 149 g/mol.